The highest BCUT2D eigenvalue weighted by molar-refractivity contribution is 5.94. The zero-order chi connectivity index (χ0) is 8.97. The fourth-order valence-corrected chi connectivity index (χ4v) is 0.956. The molecule has 0 aliphatic heterocycles. The molecular formula is C11H12O. The van der Waals surface area contributed by atoms with Crippen molar-refractivity contribution in [1.29, 1.82) is 0 Å². The van der Waals surface area contributed by atoms with Crippen LogP contribution in [-0.2, 0) is 4.79 Å². The third-order valence-electron chi connectivity index (χ3n) is 1.85. The van der Waals surface area contributed by atoms with Crippen LogP contribution in [-0.4, -0.2) is 5.78 Å². The third kappa shape index (κ3) is 2.06. The maximum absolute atomic E-state index is 11.0. The lowest BCUT2D eigenvalue weighted by Gasteiger charge is -1.98. The van der Waals surface area contributed by atoms with Gasteiger partial charge in [0.2, 0.25) is 0 Å². The molecule has 0 atom stereocenters. The van der Waals surface area contributed by atoms with Gasteiger partial charge in [0.05, 0.1) is 0 Å². The lowest BCUT2D eigenvalue weighted by Crippen LogP contribution is -1.94. The van der Waals surface area contributed by atoms with Crippen LogP contribution in [0.4, 0.5) is 0 Å². The van der Waals surface area contributed by atoms with Crippen molar-refractivity contribution >= 4 is 5.78 Å². The summed E-state index contributed by atoms with van der Waals surface area (Å²) in [5.74, 6) is 0.126. The second-order valence-electron chi connectivity index (χ2n) is 2.74. The van der Waals surface area contributed by atoms with Gasteiger partial charge in [-0.05, 0) is 25.0 Å². The van der Waals surface area contributed by atoms with Crippen molar-refractivity contribution < 1.29 is 4.79 Å². The first-order valence-electron chi connectivity index (χ1n) is 3.95. The normalized spacial score (nSPS) is 14.7. The molecule has 0 fully saturated rings. The second kappa shape index (κ2) is 3.86. The molecule has 0 unspecified atom stereocenters. The summed E-state index contributed by atoms with van der Waals surface area (Å²) in [6.45, 7) is 3.43. The highest BCUT2D eigenvalue weighted by Crippen LogP contribution is 2.10. The van der Waals surface area contributed by atoms with Crippen LogP contribution in [0.5, 0.6) is 0 Å². The van der Waals surface area contributed by atoms with Crippen LogP contribution < -0.4 is 0 Å². The summed E-state index contributed by atoms with van der Waals surface area (Å²) in [6, 6.07) is 0. The molecule has 0 bridgehead atoms. The van der Waals surface area contributed by atoms with Gasteiger partial charge in [0.1, 0.15) is 0 Å². The van der Waals surface area contributed by atoms with Gasteiger partial charge >= 0.3 is 0 Å². The number of Topliss-reactive ketones (excluding diaryl/α,β-unsaturated/α-hetero) is 1. The summed E-state index contributed by atoms with van der Waals surface area (Å²) in [7, 11) is 0. The summed E-state index contributed by atoms with van der Waals surface area (Å²) >= 11 is 0. The van der Waals surface area contributed by atoms with Crippen LogP contribution in [0.15, 0.2) is 47.6 Å². The Bertz CT molecular complexity index is 283. The first-order valence-corrected chi connectivity index (χ1v) is 3.95. The van der Waals surface area contributed by atoms with Crippen molar-refractivity contribution in [1.82, 2.24) is 0 Å². The van der Waals surface area contributed by atoms with Gasteiger partial charge in [-0.25, -0.2) is 0 Å². The first-order chi connectivity index (χ1) is 5.72. The van der Waals surface area contributed by atoms with E-state index in [-0.39, 0.29) is 5.78 Å². The van der Waals surface area contributed by atoms with Crippen LogP contribution >= 0.6 is 0 Å². The first kappa shape index (κ1) is 8.72. The zero-order valence-electron chi connectivity index (χ0n) is 7.37. The summed E-state index contributed by atoms with van der Waals surface area (Å²) < 4.78 is 0. The van der Waals surface area contributed by atoms with Crippen molar-refractivity contribution in [2.24, 2.45) is 0 Å². The quantitative estimate of drug-likeness (QED) is 0.539. The molecule has 0 aromatic heterocycles. The Morgan fingerprint density at radius 1 is 1.00 bits per heavy atom. The fraction of sp³-hybridized carbons (Fsp3) is 0.182. The lowest BCUT2D eigenvalue weighted by molar-refractivity contribution is -0.113. The number of hydrogen-bond acceptors (Lipinski definition) is 1. The van der Waals surface area contributed by atoms with Gasteiger partial charge in [-0.2, -0.15) is 0 Å². The molecule has 1 nitrogen and oxygen atoms in total. The van der Waals surface area contributed by atoms with Crippen LogP contribution in [0.25, 0.3) is 0 Å². The van der Waals surface area contributed by atoms with Gasteiger partial charge in [0, 0.05) is 0 Å². The van der Waals surface area contributed by atoms with E-state index in [1.165, 1.54) is 0 Å². The Labute approximate surface area is 72.8 Å². The van der Waals surface area contributed by atoms with E-state index in [9.17, 15) is 4.79 Å². The minimum absolute atomic E-state index is 0.126. The molecule has 0 radical (unpaired) electrons. The molecule has 0 aromatic rings. The standard InChI is InChI=1S/C11H12O/c1-9(10(2)12)11-7-5-3-4-6-8-11/h3-8H,1-2H3. The summed E-state index contributed by atoms with van der Waals surface area (Å²) in [6.07, 6.45) is 11.6. The van der Waals surface area contributed by atoms with Crippen molar-refractivity contribution in [3.63, 3.8) is 0 Å². The highest BCUT2D eigenvalue weighted by Gasteiger charge is 2.00. The number of allylic oxidation sites excluding steroid dienone is 8. The van der Waals surface area contributed by atoms with E-state index in [2.05, 4.69) is 0 Å². The Morgan fingerprint density at radius 3 is 1.92 bits per heavy atom. The van der Waals surface area contributed by atoms with Gasteiger partial charge in [0.15, 0.2) is 5.78 Å². The average molecular weight is 160 g/mol. The molecule has 1 aliphatic carbocycles. The molecule has 0 aromatic carbocycles. The molecule has 1 aliphatic rings. The molecule has 12 heavy (non-hydrogen) atoms. The van der Waals surface area contributed by atoms with Crippen molar-refractivity contribution in [3.8, 4) is 0 Å². The predicted octanol–water partition coefficient (Wildman–Crippen LogP) is 2.57. The van der Waals surface area contributed by atoms with Gasteiger partial charge in [-0.1, -0.05) is 36.5 Å². The topological polar surface area (TPSA) is 17.1 Å². The Balaban J connectivity index is 3.02. The molecule has 1 rings (SSSR count). The molecule has 0 spiro atoms. The number of ketones is 1. The molecule has 0 saturated carbocycles. The Morgan fingerprint density at radius 2 is 1.50 bits per heavy atom. The van der Waals surface area contributed by atoms with E-state index >= 15 is 0 Å². The van der Waals surface area contributed by atoms with E-state index in [0.29, 0.717) is 0 Å². The Kier molecular flexibility index (Phi) is 2.81. The smallest absolute Gasteiger partial charge is 0.156 e. The monoisotopic (exact) mass is 160 g/mol. The molecular weight excluding hydrogens is 148 g/mol. The zero-order valence-corrected chi connectivity index (χ0v) is 7.37. The van der Waals surface area contributed by atoms with Crippen molar-refractivity contribution in [3.05, 3.63) is 47.6 Å². The molecule has 62 valence electrons. The second-order valence-corrected chi connectivity index (χ2v) is 2.74. The molecule has 0 amide bonds. The SMILES string of the molecule is CC(=O)C(C)=C1C=CC=CC=C1. The van der Waals surface area contributed by atoms with Gasteiger partial charge in [-0.3, -0.25) is 4.79 Å². The van der Waals surface area contributed by atoms with E-state index in [4.69, 9.17) is 0 Å². The average Bonchev–Trinajstić information content (AvgIpc) is 2.30. The van der Waals surface area contributed by atoms with E-state index in [1.807, 2.05) is 43.4 Å². The van der Waals surface area contributed by atoms with E-state index in [0.717, 1.165) is 11.1 Å². The summed E-state index contributed by atoms with van der Waals surface area (Å²) in [5.41, 5.74) is 1.80. The van der Waals surface area contributed by atoms with Gasteiger partial charge in [-0.15, -0.1) is 0 Å². The number of rotatable bonds is 1. The summed E-state index contributed by atoms with van der Waals surface area (Å²) in [4.78, 5) is 11.0. The minimum atomic E-state index is 0.126. The molecule has 1 heteroatoms. The molecule has 0 saturated heterocycles. The maximum atomic E-state index is 11.0. The minimum Gasteiger partial charge on any atom is -0.295 e. The maximum Gasteiger partial charge on any atom is 0.156 e. The van der Waals surface area contributed by atoms with Gasteiger partial charge < -0.3 is 0 Å². The van der Waals surface area contributed by atoms with Crippen LogP contribution in [0, 0.1) is 0 Å². The van der Waals surface area contributed by atoms with Crippen LogP contribution in [0.1, 0.15) is 13.8 Å². The van der Waals surface area contributed by atoms with Gasteiger partial charge in [0.25, 0.3) is 0 Å². The predicted molar refractivity (Wildman–Crippen MR) is 50.8 cm³/mol. The lowest BCUT2D eigenvalue weighted by atomic mass is 10.1. The van der Waals surface area contributed by atoms with E-state index in [1.54, 1.807) is 6.92 Å². The van der Waals surface area contributed by atoms with Crippen molar-refractivity contribution in [2.45, 2.75) is 13.8 Å². The molecule has 0 N–H and O–H groups in total. The van der Waals surface area contributed by atoms with Crippen LogP contribution in [0.3, 0.4) is 0 Å². The Hall–Kier alpha value is -1.37. The highest BCUT2D eigenvalue weighted by atomic mass is 16.1. The van der Waals surface area contributed by atoms with E-state index < -0.39 is 0 Å². The number of hydrogen-bond donors (Lipinski definition) is 0. The molecule has 0 heterocycles. The largest absolute Gasteiger partial charge is 0.295 e. The third-order valence-corrected chi connectivity index (χ3v) is 1.85. The number of carbonyl (C=O) groups is 1. The fourth-order valence-electron chi connectivity index (χ4n) is 0.956. The summed E-state index contributed by atoms with van der Waals surface area (Å²) in [5, 5.41) is 0. The van der Waals surface area contributed by atoms with Crippen molar-refractivity contribution in [2.75, 3.05) is 0 Å². The van der Waals surface area contributed by atoms with Crippen LogP contribution in [0.2, 0.25) is 0 Å². The number of carbonyl (C=O) groups excluding carboxylic acids is 1.